The van der Waals surface area contributed by atoms with Gasteiger partial charge in [-0.3, -0.25) is 0 Å². The Bertz CT molecular complexity index is 413. The van der Waals surface area contributed by atoms with Crippen LogP contribution in [-0.4, -0.2) is 5.75 Å². The lowest BCUT2D eigenvalue weighted by Crippen LogP contribution is -2.02. The van der Waals surface area contributed by atoms with Crippen LogP contribution in [0.5, 0.6) is 0 Å². The van der Waals surface area contributed by atoms with Crippen LogP contribution in [-0.2, 0) is 5.41 Å². The van der Waals surface area contributed by atoms with Crippen LogP contribution in [0.25, 0.3) is 0 Å². The molecule has 0 unspecified atom stereocenters. The quantitative estimate of drug-likeness (QED) is 0.721. The molecule has 0 bridgehead atoms. The van der Waals surface area contributed by atoms with Gasteiger partial charge in [0.05, 0.1) is 11.5 Å². The van der Waals surface area contributed by atoms with Gasteiger partial charge in [-0.05, 0) is 42.7 Å². The summed E-state index contributed by atoms with van der Waals surface area (Å²) in [4.78, 5) is 1.33. The molecule has 1 aliphatic rings. The SMILES string of the molecule is CCSc1cc(C2(C#N)CC2)ccc1C. The topological polar surface area (TPSA) is 23.8 Å². The minimum atomic E-state index is -0.142. The first kappa shape index (κ1) is 10.6. The van der Waals surface area contributed by atoms with E-state index in [0.29, 0.717) is 0 Å². The molecule has 0 heterocycles. The van der Waals surface area contributed by atoms with Gasteiger partial charge in [0.2, 0.25) is 0 Å². The normalized spacial score (nSPS) is 17.1. The Balaban J connectivity index is 2.35. The van der Waals surface area contributed by atoms with Gasteiger partial charge in [0.15, 0.2) is 0 Å². The summed E-state index contributed by atoms with van der Waals surface area (Å²) in [5, 5.41) is 9.14. The first-order valence-corrected chi connectivity index (χ1v) is 6.35. The number of thioether (sulfide) groups is 1. The third-order valence-electron chi connectivity index (χ3n) is 3.00. The molecule has 2 heteroatoms. The Morgan fingerprint density at radius 1 is 1.47 bits per heavy atom. The Morgan fingerprint density at radius 2 is 2.20 bits per heavy atom. The van der Waals surface area contributed by atoms with Crippen molar-refractivity contribution in [2.24, 2.45) is 0 Å². The molecule has 1 saturated carbocycles. The number of benzene rings is 1. The number of rotatable bonds is 3. The van der Waals surface area contributed by atoms with Crippen LogP contribution in [0.4, 0.5) is 0 Å². The molecule has 1 aromatic carbocycles. The van der Waals surface area contributed by atoms with Crippen molar-refractivity contribution in [2.75, 3.05) is 5.75 Å². The second-order valence-electron chi connectivity index (χ2n) is 4.11. The first-order valence-electron chi connectivity index (χ1n) is 5.37. The van der Waals surface area contributed by atoms with Crippen molar-refractivity contribution >= 4 is 11.8 Å². The maximum Gasteiger partial charge on any atom is 0.0824 e. The summed E-state index contributed by atoms with van der Waals surface area (Å²) >= 11 is 1.86. The fourth-order valence-electron chi connectivity index (χ4n) is 1.80. The predicted molar refractivity (Wildman–Crippen MR) is 64.1 cm³/mol. The molecule has 0 aromatic heterocycles. The fraction of sp³-hybridized carbons (Fsp3) is 0.462. The van der Waals surface area contributed by atoms with Gasteiger partial charge in [-0.25, -0.2) is 0 Å². The number of nitrogens with zero attached hydrogens (tertiary/aromatic N) is 1. The zero-order valence-corrected chi connectivity index (χ0v) is 10.0. The standard InChI is InChI=1S/C13H15NS/c1-3-15-12-8-11(5-4-10(12)2)13(9-14)6-7-13/h4-5,8H,3,6-7H2,1-2H3. The Hall–Kier alpha value is -0.940. The van der Waals surface area contributed by atoms with E-state index in [9.17, 15) is 0 Å². The van der Waals surface area contributed by atoms with Crippen molar-refractivity contribution in [1.82, 2.24) is 0 Å². The minimum absolute atomic E-state index is 0.142. The molecule has 0 spiro atoms. The van der Waals surface area contributed by atoms with Crippen molar-refractivity contribution < 1.29 is 0 Å². The van der Waals surface area contributed by atoms with Gasteiger partial charge in [0.1, 0.15) is 0 Å². The third-order valence-corrected chi connectivity index (χ3v) is 4.04. The summed E-state index contributed by atoms with van der Waals surface area (Å²) < 4.78 is 0. The minimum Gasteiger partial charge on any atom is -0.197 e. The number of nitriles is 1. The smallest absolute Gasteiger partial charge is 0.0824 e. The van der Waals surface area contributed by atoms with E-state index in [1.165, 1.54) is 16.0 Å². The molecule has 2 rings (SSSR count). The summed E-state index contributed by atoms with van der Waals surface area (Å²) in [5.41, 5.74) is 2.39. The first-order chi connectivity index (χ1) is 7.22. The van der Waals surface area contributed by atoms with E-state index in [2.05, 4.69) is 38.1 Å². The highest BCUT2D eigenvalue weighted by molar-refractivity contribution is 7.99. The third kappa shape index (κ3) is 1.89. The van der Waals surface area contributed by atoms with Gasteiger partial charge in [-0.15, -0.1) is 11.8 Å². The van der Waals surface area contributed by atoms with E-state index in [1.54, 1.807) is 0 Å². The Kier molecular flexibility index (Phi) is 2.75. The van der Waals surface area contributed by atoms with Gasteiger partial charge in [-0.2, -0.15) is 5.26 Å². The highest BCUT2D eigenvalue weighted by atomic mass is 32.2. The highest BCUT2D eigenvalue weighted by Gasteiger charge is 2.44. The number of aryl methyl sites for hydroxylation is 1. The van der Waals surface area contributed by atoms with Crippen molar-refractivity contribution in [2.45, 2.75) is 37.0 Å². The van der Waals surface area contributed by atoms with Gasteiger partial charge >= 0.3 is 0 Å². The molecule has 0 N–H and O–H groups in total. The van der Waals surface area contributed by atoms with Gasteiger partial charge < -0.3 is 0 Å². The van der Waals surface area contributed by atoms with Crippen LogP contribution < -0.4 is 0 Å². The molecule has 1 aliphatic carbocycles. The molecule has 0 amide bonds. The van der Waals surface area contributed by atoms with Crippen molar-refractivity contribution in [1.29, 1.82) is 5.26 Å². The van der Waals surface area contributed by atoms with Gasteiger partial charge in [-0.1, -0.05) is 19.1 Å². The summed E-state index contributed by atoms with van der Waals surface area (Å²) in [6.45, 7) is 4.29. The lowest BCUT2D eigenvalue weighted by molar-refractivity contribution is 0.900. The second-order valence-corrected chi connectivity index (χ2v) is 5.41. The monoisotopic (exact) mass is 217 g/mol. The molecule has 0 aliphatic heterocycles. The van der Waals surface area contributed by atoms with E-state index < -0.39 is 0 Å². The largest absolute Gasteiger partial charge is 0.197 e. The molecule has 1 aromatic rings. The lowest BCUT2D eigenvalue weighted by atomic mass is 9.97. The summed E-state index contributed by atoms with van der Waals surface area (Å²) in [7, 11) is 0. The van der Waals surface area contributed by atoms with Crippen LogP contribution in [0, 0.1) is 18.3 Å². The Labute approximate surface area is 95.5 Å². The van der Waals surface area contributed by atoms with Crippen LogP contribution in [0.3, 0.4) is 0 Å². The molecule has 78 valence electrons. The van der Waals surface area contributed by atoms with Gasteiger partial charge in [0, 0.05) is 4.90 Å². The fourth-order valence-corrected chi connectivity index (χ4v) is 2.62. The van der Waals surface area contributed by atoms with E-state index in [0.717, 1.165) is 18.6 Å². The number of hydrogen-bond donors (Lipinski definition) is 0. The van der Waals surface area contributed by atoms with Crippen molar-refractivity contribution in [3.8, 4) is 6.07 Å². The van der Waals surface area contributed by atoms with Crippen molar-refractivity contribution in [3.63, 3.8) is 0 Å². The maximum atomic E-state index is 9.14. The number of hydrogen-bond acceptors (Lipinski definition) is 2. The molecular formula is C13H15NS. The zero-order valence-electron chi connectivity index (χ0n) is 9.21. The molecule has 0 saturated heterocycles. The van der Waals surface area contributed by atoms with Crippen LogP contribution in [0.15, 0.2) is 23.1 Å². The summed E-state index contributed by atoms with van der Waals surface area (Å²) in [6, 6.07) is 8.92. The average Bonchev–Trinajstić information content (AvgIpc) is 3.02. The van der Waals surface area contributed by atoms with Crippen LogP contribution in [0.1, 0.15) is 30.9 Å². The summed E-state index contributed by atoms with van der Waals surface area (Å²) in [5.74, 6) is 1.09. The van der Waals surface area contributed by atoms with E-state index in [-0.39, 0.29) is 5.41 Å². The molecule has 0 atom stereocenters. The molecular weight excluding hydrogens is 202 g/mol. The van der Waals surface area contributed by atoms with Gasteiger partial charge in [0.25, 0.3) is 0 Å². The van der Waals surface area contributed by atoms with Crippen LogP contribution >= 0.6 is 11.8 Å². The maximum absolute atomic E-state index is 9.14. The molecule has 1 nitrogen and oxygen atoms in total. The van der Waals surface area contributed by atoms with E-state index in [1.807, 2.05) is 11.8 Å². The Morgan fingerprint density at radius 3 is 2.73 bits per heavy atom. The molecule has 0 radical (unpaired) electrons. The molecule has 1 fully saturated rings. The van der Waals surface area contributed by atoms with E-state index >= 15 is 0 Å². The highest BCUT2D eigenvalue weighted by Crippen LogP contribution is 2.48. The second kappa shape index (κ2) is 3.90. The molecule has 15 heavy (non-hydrogen) atoms. The van der Waals surface area contributed by atoms with Crippen molar-refractivity contribution in [3.05, 3.63) is 29.3 Å². The average molecular weight is 217 g/mol. The predicted octanol–water partition coefficient (Wildman–Crippen LogP) is 3.66. The zero-order chi connectivity index (χ0) is 10.9. The lowest BCUT2D eigenvalue weighted by Gasteiger charge is -2.10. The van der Waals surface area contributed by atoms with Crippen LogP contribution in [0.2, 0.25) is 0 Å². The van der Waals surface area contributed by atoms with E-state index in [4.69, 9.17) is 5.26 Å². The summed E-state index contributed by atoms with van der Waals surface area (Å²) in [6.07, 6.45) is 2.06.